The highest BCUT2D eigenvalue weighted by molar-refractivity contribution is 14.0. The third-order valence-electron chi connectivity index (χ3n) is 5.18. The lowest BCUT2D eigenvalue weighted by molar-refractivity contribution is 0.0504. The van der Waals surface area contributed by atoms with Crippen molar-refractivity contribution >= 4 is 36.0 Å². The third kappa shape index (κ3) is 7.64. The fourth-order valence-electron chi connectivity index (χ4n) is 3.69. The number of guanidine groups is 1. The summed E-state index contributed by atoms with van der Waals surface area (Å²) in [7, 11) is 1.78. The van der Waals surface area contributed by atoms with Crippen molar-refractivity contribution in [1.29, 1.82) is 0 Å². The predicted octanol–water partition coefficient (Wildman–Crippen LogP) is 3.44. The van der Waals surface area contributed by atoms with Crippen LogP contribution in [-0.2, 0) is 4.74 Å². The molecule has 1 aromatic heterocycles. The number of nitrogens with zero attached hydrogens (tertiary/aromatic N) is 4. The molecular weight excluding hydrogens is 521 g/mol. The molecule has 0 bridgehead atoms. The monoisotopic (exact) mass is 555 g/mol. The number of aromatic nitrogens is 3. The van der Waals surface area contributed by atoms with Crippen LogP contribution in [0.1, 0.15) is 57.0 Å². The van der Waals surface area contributed by atoms with Gasteiger partial charge in [0.1, 0.15) is 17.8 Å². The fourth-order valence-corrected chi connectivity index (χ4v) is 3.69. The molecule has 1 aliphatic heterocycles. The maximum absolute atomic E-state index is 12.4. The molecule has 176 valence electrons. The molecule has 0 radical (unpaired) electrons. The zero-order valence-corrected chi connectivity index (χ0v) is 21.5. The maximum Gasteiger partial charge on any atom is 0.408 e. The Hall–Kier alpha value is -2.37. The average Bonchev–Trinajstić information content (AvgIpc) is 3.28. The number of likely N-dealkylation sites (tertiary alicyclic amines) is 1. The number of ether oxygens (including phenoxy) is 1. The number of H-pyrrole nitrogens is 1. The molecule has 32 heavy (non-hydrogen) atoms. The number of benzene rings is 1. The number of aliphatic imine (C=N–C) groups is 1. The molecule has 3 rings (SSSR count). The number of carbonyl (C=O) groups is 1. The minimum atomic E-state index is -0.553. The molecule has 1 fully saturated rings. The summed E-state index contributed by atoms with van der Waals surface area (Å²) in [5.74, 6) is 2.17. The number of alkyl carbamates (subject to hydrolysis) is 1. The molecule has 1 aliphatic rings. The van der Waals surface area contributed by atoms with Gasteiger partial charge in [-0.3, -0.25) is 10.1 Å². The smallest absolute Gasteiger partial charge is 0.408 e. The molecule has 2 heterocycles. The highest BCUT2D eigenvalue weighted by atomic mass is 127. The van der Waals surface area contributed by atoms with E-state index in [-0.39, 0.29) is 30.0 Å². The number of nitrogens with one attached hydrogen (secondary N) is 3. The first-order valence-electron chi connectivity index (χ1n) is 10.7. The standard InChI is InChI=1S/C22H33N7O2.HI/c1-22(2,3)31-21(30)27-18(16-8-6-5-7-9-16)14-24-20(23-4)29-12-10-17(11-13-29)19-25-15-26-28-19;/h5-9,15,17-18H,10-14H2,1-4H3,(H,23,24)(H,27,30)(H,25,26,28);1H. The summed E-state index contributed by atoms with van der Waals surface area (Å²) >= 11 is 0. The lowest BCUT2D eigenvalue weighted by atomic mass is 9.96. The van der Waals surface area contributed by atoms with Crippen LogP contribution in [0.25, 0.3) is 0 Å². The maximum atomic E-state index is 12.4. The van der Waals surface area contributed by atoms with Crippen LogP contribution in [0.3, 0.4) is 0 Å². The van der Waals surface area contributed by atoms with Gasteiger partial charge in [-0.15, -0.1) is 24.0 Å². The molecule has 3 N–H and O–H groups in total. The number of hydrogen-bond donors (Lipinski definition) is 3. The third-order valence-corrected chi connectivity index (χ3v) is 5.18. The first-order valence-corrected chi connectivity index (χ1v) is 10.7. The second kappa shape index (κ2) is 12.0. The van der Waals surface area contributed by atoms with Gasteiger partial charge >= 0.3 is 6.09 Å². The molecule has 2 aromatic rings. The molecule has 1 aromatic carbocycles. The summed E-state index contributed by atoms with van der Waals surface area (Å²) in [6.45, 7) is 7.81. The van der Waals surface area contributed by atoms with E-state index in [0.717, 1.165) is 43.3 Å². The van der Waals surface area contributed by atoms with E-state index in [4.69, 9.17) is 4.74 Å². The van der Waals surface area contributed by atoms with E-state index < -0.39 is 11.7 Å². The van der Waals surface area contributed by atoms with Crippen LogP contribution < -0.4 is 10.6 Å². The minimum Gasteiger partial charge on any atom is -0.444 e. The second-order valence-electron chi connectivity index (χ2n) is 8.67. The van der Waals surface area contributed by atoms with Gasteiger partial charge in [0.15, 0.2) is 5.96 Å². The first kappa shape index (κ1) is 25.9. The number of halogens is 1. The Kier molecular flexibility index (Phi) is 9.73. The highest BCUT2D eigenvalue weighted by Crippen LogP contribution is 2.25. The van der Waals surface area contributed by atoms with Crippen LogP contribution in [0.15, 0.2) is 41.7 Å². The normalized spacial score (nSPS) is 16.1. The number of rotatable bonds is 5. The van der Waals surface area contributed by atoms with E-state index in [0.29, 0.717) is 12.5 Å². The predicted molar refractivity (Wildman–Crippen MR) is 135 cm³/mol. The fraction of sp³-hybridized carbons (Fsp3) is 0.545. The first-order chi connectivity index (χ1) is 14.9. The molecular formula is C22H34IN7O2. The van der Waals surface area contributed by atoms with Gasteiger partial charge in [0.25, 0.3) is 0 Å². The Labute approximate surface area is 206 Å². The summed E-state index contributed by atoms with van der Waals surface area (Å²) in [5.41, 5.74) is 0.447. The van der Waals surface area contributed by atoms with Gasteiger partial charge in [-0.2, -0.15) is 5.10 Å². The van der Waals surface area contributed by atoms with Crippen molar-refractivity contribution in [2.45, 2.75) is 51.2 Å². The van der Waals surface area contributed by atoms with Gasteiger partial charge in [0.05, 0.1) is 6.04 Å². The van der Waals surface area contributed by atoms with E-state index >= 15 is 0 Å². The molecule has 10 heteroatoms. The number of aromatic amines is 1. The number of amides is 1. The van der Waals surface area contributed by atoms with Gasteiger partial charge in [0, 0.05) is 32.6 Å². The summed E-state index contributed by atoms with van der Waals surface area (Å²) in [6.07, 6.45) is 3.08. The Morgan fingerprint density at radius 3 is 2.53 bits per heavy atom. The van der Waals surface area contributed by atoms with Crippen molar-refractivity contribution in [1.82, 2.24) is 30.7 Å². The van der Waals surface area contributed by atoms with Crippen molar-refractivity contribution in [3.63, 3.8) is 0 Å². The van der Waals surface area contributed by atoms with Gasteiger partial charge in [-0.05, 0) is 39.2 Å². The zero-order chi connectivity index (χ0) is 22.3. The molecule has 0 aliphatic carbocycles. The molecule has 0 saturated carbocycles. The minimum absolute atomic E-state index is 0. The summed E-state index contributed by atoms with van der Waals surface area (Å²) in [4.78, 5) is 23.4. The Morgan fingerprint density at radius 1 is 1.28 bits per heavy atom. The molecule has 1 saturated heterocycles. The van der Waals surface area contributed by atoms with Crippen LogP contribution in [0, 0.1) is 0 Å². The highest BCUT2D eigenvalue weighted by Gasteiger charge is 2.25. The quantitative estimate of drug-likeness (QED) is 0.297. The van der Waals surface area contributed by atoms with Crippen molar-refractivity contribution in [2.24, 2.45) is 4.99 Å². The molecule has 0 spiro atoms. The topological polar surface area (TPSA) is 108 Å². The summed E-state index contributed by atoms with van der Waals surface area (Å²) in [5, 5.41) is 13.3. The van der Waals surface area contributed by atoms with Crippen molar-refractivity contribution in [3.05, 3.63) is 48.0 Å². The SMILES string of the molecule is CN=C(NCC(NC(=O)OC(C)(C)C)c1ccccc1)N1CCC(c2ncn[nH]2)CC1.I. The molecule has 1 atom stereocenters. The van der Waals surface area contributed by atoms with Gasteiger partial charge in [-0.25, -0.2) is 9.78 Å². The number of carbonyl (C=O) groups excluding carboxylic acids is 1. The van der Waals surface area contributed by atoms with Crippen molar-refractivity contribution in [2.75, 3.05) is 26.7 Å². The van der Waals surface area contributed by atoms with E-state index in [1.165, 1.54) is 0 Å². The van der Waals surface area contributed by atoms with E-state index in [2.05, 4.69) is 35.7 Å². The van der Waals surface area contributed by atoms with E-state index in [1.54, 1.807) is 13.4 Å². The van der Waals surface area contributed by atoms with Crippen LogP contribution >= 0.6 is 24.0 Å². The van der Waals surface area contributed by atoms with Gasteiger partial charge < -0.3 is 20.3 Å². The van der Waals surface area contributed by atoms with Crippen molar-refractivity contribution < 1.29 is 9.53 Å². The Morgan fingerprint density at radius 2 is 1.97 bits per heavy atom. The van der Waals surface area contributed by atoms with Crippen LogP contribution in [0.5, 0.6) is 0 Å². The number of hydrogen-bond acceptors (Lipinski definition) is 5. The van der Waals surface area contributed by atoms with Gasteiger partial charge in [-0.1, -0.05) is 30.3 Å². The van der Waals surface area contributed by atoms with Crippen LogP contribution in [0.2, 0.25) is 0 Å². The summed E-state index contributed by atoms with van der Waals surface area (Å²) in [6, 6.07) is 9.62. The van der Waals surface area contributed by atoms with Crippen molar-refractivity contribution in [3.8, 4) is 0 Å². The Balaban J connectivity index is 0.00000363. The number of piperidine rings is 1. The van der Waals surface area contributed by atoms with Crippen LogP contribution in [-0.4, -0.2) is 64.4 Å². The lowest BCUT2D eigenvalue weighted by Gasteiger charge is -2.34. The average molecular weight is 555 g/mol. The zero-order valence-electron chi connectivity index (χ0n) is 19.2. The Bertz CT molecular complexity index is 845. The van der Waals surface area contributed by atoms with E-state index in [1.807, 2.05) is 51.1 Å². The lowest BCUT2D eigenvalue weighted by Crippen LogP contribution is -2.48. The van der Waals surface area contributed by atoms with Gasteiger partial charge in [0.2, 0.25) is 0 Å². The molecule has 9 nitrogen and oxygen atoms in total. The van der Waals surface area contributed by atoms with Crippen LogP contribution in [0.4, 0.5) is 4.79 Å². The molecule has 1 amide bonds. The van der Waals surface area contributed by atoms with E-state index in [9.17, 15) is 4.79 Å². The largest absolute Gasteiger partial charge is 0.444 e. The summed E-state index contributed by atoms with van der Waals surface area (Å²) < 4.78 is 5.45. The second-order valence-corrected chi connectivity index (χ2v) is 8.67. The molecule has 1 unspecified atom stereocenters.